The fraction of sp³-hybridized carbons (Fsp3) is 0.381. The van der Waals surface area contributed by atoms with Gasteiger partial charge in [0, 0.05) is 55.6 Å². The first kappa shape index (κ1) is 17.5. The van der Waals surface area contributed by atoms with Gasteiger partial charge in [-0.2, -0.15) is 10.2 Å². The minimum Gasteiger partial charge on any atom is -0.342 e. The van der Waals surface area contributed by atoms with Crippen molar-refractivity contribution in [1.82, 2.24) is 24.9 Å². The zero-order valence-corrected chi connectivity index (χ0v) is 15.6. The normalized spacial score (nSPS) is 17.2. The van der Waals surface area contributed by atoms with E-state index < -0.39 is 0 Å². The Kier molecular flexibility index (Phi) is 5.05. The Bertz CT molecular complexity index is 882. The average Bonchev–Trinajstić information content (AvgIpc) is 3.39. The highest BCUT2D eigenvalue weighted by Crippen LogP contribution is 2.33. The summed E-state index contributed by atoms with van der Waals surface area (Å²) in [6.07, 6.45) is 8.12. The molecule has 1 aliphatic heterocycles. The molecule has 0 spiro atoms. The van der Waals surface area contributed by atoms with Gasteiger partial charge in [-0.1, -0.05) is 29.8 Å². The number of H-pyrrole nitrogens is 1. The van der Waals surface area contributed by atoms with E-state index in [9.17, 15) is 4.79 Å². The monoisotopic (exact) mass is 363 g/mol. The molecule has 1 N–H and O–H groups in total. The molecule has 1 aliphatic rings. The number of hydrogen-bond acceptors (Lipinski definition) is 3. The van der Waals surface area contributed by atoms with Gasteiger partial charge < -0.3 is 4.90 Å². The zero-order chi connectivity index (χ0) is 18.6. The molecule has 140 valence electrons. The summed E-state index contributed by atoms with van der Waals surface area (Å²) in [5.74, 6) is 0.498. The van der Waals surface area contributed by atoms with Gasteiger partial charge in [0.2, 0.25) is 5.91 Å². The number of piperidine rings is 1. The maximum Gasteiger partial charge on any atom is 0.224 e. The number of rotatable bonds is 5. The van der Waals surface area contributed by atoms with Crippen molar-refractivity contribution < 1.29 is 4.79 Å². The Labute approximate surface area is 159 Å². The molecule has 1 fully saturated rings. The van der Waals surface area contributed by atoms with E-state index in [1.54, 1.807) is 6.20 Å². The number of amides is 1. The zero-order valence-electron chi connectivity index (χ0n) is 15.6. The van der Waals surface area contributed by atoms with E-state index >= 15 is 0 Å². The van der Waals surface area contributed by atoms with Crippen LogP contribution in [-0.4, -0.2) is 43.9 Å². The van der Waals surface area contributed by atoms with Crippen LogP contribution >= 0.6 is 0 Å². The lowest BCUT2D eigenvalue weighted by molar-refractivity contribution is -0.132. The largest absolute Gasteiger partial charge is 0.342 e. The molecule has 0 radical (unpaired) electrons. The van der Waals surface area contributed by atoms with Gasteiger partial charge in [-0.15, -0.1) is 0 Å². The molecule has 1 atom stereocenters. The lowest BCUT2D eigenvalue weighted by Gasteiger charge is -2.33. The molecular formula is C21H25N5O. The molecule has 0 aliphatic carbocycles. The van der Waals surface area contributed by atoms with E-state index in [0.717, 1.165) is 37.2 Å². The van der Waals surface area contributed by atoms with Crippen molar-refractivity contribution in [3.63, 3.8) is 0 Å². The first-order valence-electron chi connectivity index (χ1n) is 9.56. The number of hydrogen-bond donors (Lipinski definition) is 1. The minimum absolute atomic E-state index is 0.201. The standard InChI is InChI=1S/C21H25N5O/c1-16-5-7-17(8-6-16)19-14-22-24-21(19)18-4-2-11-25(15-18)20(27)9-13-26-12-3-10-23-26/h3,5-8,10,12,14,18H,2,4,9,11,13,15H2,1H3,(H,22,24)/t18-/m1/s1. The third kappa shape index (κ3) is 3.94. The summed E-state index contributed by atoms with van der Waals surface area (Å²) in [4.78, 5) is 14.7. The first-order valence-corrected chi connectivity index (χ1v) is 9.56. The van der Waals surface area contributed by atoms with Gasteiger partial charge in [0.1, 0.15) is 0 Å². The molecule has 4 rings (SSSR count). The van der Waals surface area contributed by atoms with Gasteiger partial charge in [0.25, 0.3) is 0 Å². The summed E-state index contributed by atoms with van der Waals surface area (Å²) in [6, 6.07) is 10.4. The van der Waals surface area contributed by atoms with Crippen molar-refractivity contribution in [3.05, 3.63) is 60.2 Å². The maximum absolute atomic E-state index is 12.7. The Balaban J connectivity index is 1.45. The predicted molar refractivity (Wildman–Crippen MR) is 104 cm³/mol. The minimum atomic E-state index is 0.201. The average molecular weight is 363 g/mol. The molecule has 2 aromatic heterocycles. The van der Waals surface area contributed by atoms with Gasteiger partial charge in [-0.25, -0.2) is 0 Å². The molecule has 0 saturated carbocycles. The maximum atomic E-state index is 12.7. The van der Waals surface area contributed by atoms with Crippen molar-refractivity contribution in [3.8, 4) is 11.1 Å². The fourth-order valence-electron chi connectivity index (χ4n) is 3.81. The SMILES string of the molecule is Cc1ccc(-c2cn[nH]c2[C@@H]2CCCN(C(=O)CCn3cccn3)C2)cc1. The van der Waals surface area contributed by atoms with E-state index in [-0.39, 0.29) is 5.91 Å². The molecular weight excluding hydrogens is 338 g/mol. The van der Waals surface area contributed by atoms with E-state index in [2.05, 4.69) is 46.5 Å². The Morgan fingerprint density at radius 3 is 2.93 bits per heavy atom. The summed E-state index contributed by atoms with van der Waals surface area (Å²) in [7, 11) is 0. The number of benzene rings is 1. The van der Waals surface area contributed by atoms with Crippen molar-refractivity contribution >= 4 is 5.91 Å². The van der Waals surface area contributed by atoms with Crippen molar-refractivity contribution in [2.45, 2.75) is 38.6 Å². The molecule has 6 heteroatoms. The molecule has 3 heterocycles. The summed E-state index contributed by atoms with van der Waals surface area (Å²) in [6.45, 7) is 4.31. The molecule has 27 heavy (non-hydrogen) atoms. The smallest absolute Gasteiger partial charge is 0.224 e. The van der Waals surface area contributed by atoms with E-state index in [1.807, 2.05) is 28.0 Å². The Morgan fingerprint density at radius 2 is 2.15 bits per heavy atom. The number of aromatic amines is 1. The number of nitrogens with one attached hydrogen (secondary N) is 1. The molecule has 3 aromatic rings. The van der Waals surface area contributed by atoms with Crippen molar-refractivity contribution in [2.75, 3.05) is 13.1 Å². The number of carbonyl (C=O) groups is 1. The molecule has 1 aromatic carbocycles. The number of aromatic nitrogens is 4. The second kappa shape index (κ2) is 7.78. The Morgan fingerprint density at radius 1 is 1.30 bits per heavy atom. The molecule has 1 amide bonds. The van der Waals surface area contributed by atoms with Crippen LogP contribution in [0.25, 0.3) is 11.1 Å². The van der Waals surface area contributed by atoms with Crippen LogP contribution in [0.15, 0.2) is 48.9 Å². The summed E-state index contributed by atoms with van der Waals surface area (Å²) in [5.41, 5.74) is 4.70. The van der Waals surface area contributed by atoms with Gasteiger partial charge in [-0.05, 0) is 31.4 Å². The third-order valence-electron chi connectivity index (χ3n) is 5.33. The highest BCUT2D eigenvalue weighted by Gasteiger charge is 2.27. The molecule has 6 nitrogen and oxygen atoms in total. The van der Waals surface area contributed by atoms with Gasteiger partial charge in [-0.3, -0.25) is 14.6 Å². The van der Waals surface area contributed by atoms with E-state index in [0.29, 0.717) is 18.9 Å². The quantitative estimate of drug-likeness (QED) is 0.756. The third-order valence-corrected chi connectivity index (χ3v) is 5.33. The first-order chi connectivity index (χ1) is 13.2. The predicted octanol–water partition coefficient (Wildman–Crippen LogP) is 3.38. The van der Waals surface area contributed by atoms with Crippen LogP contribution in [0.3, 0.4) is 0 Å². The lowest BCUT2D eigenvalue weighted by atomic mass is 9.90. The van der Waals surface area contributed by atoms with Crippen LogP contribution < -0.4 is 0 Å². The summed E-state index contributed by atoms with van der Waals surface area (Å²) >= 11 is 0. The van der Waals surface area contributed by atoms with Crippen LogP contribution in [-0.2, 0) is 11.3 Å². The second-order valence-electron chi connectivity index (χ2n) is 7.26. The fourth-order valence-corrected chi connectivity index (χ4v) is 3.81. The van der Waals surface area contributed by atoms with Crippen LogP contribution in [0.4, 0.5) is 0 Å². The van der Waals surface area contributed by atoms with Crippen LogP contribution in [0.5, 0.6) is 0 Å². The molecule has 1 saturated heterocycles. The summed E-state index contributed by atoms with van der Waals surface area (Å²) < 4.78 is 1.81. The highest BCUT2D eigenvalue weighted by molar-refractivity contribution is 5.76. The van der Waals surface area contributed by atoms with Crippen molar-refractivity contribution in [2.24, 2.45) is 0 Å². The van der Waals surface area contributed by atoms with E-state index in [4.69, 9.17) is 0 Å². The Hall–Kier alpha value is -2.89. The number of aryl methyl sites for hydroxylation is 2. The van der Waals surface area contributed by atoms with Gasteiger partial charge in [0.05, 0.1) is 6.20 Å². The van der Waals surface area contributed by atoms with Crippen molar-refractivity contribution in [1.29, 1.82) is 0 Å². The number of carbonyl (C=O) groups excluding carboxylic acids is 1. The number of nitrogens with zero attached hydrogens (tertiary/aromatic N) is 4. The van der Waals surface area contributed by atoms with Crippen LogP contribution in [0, 0.1) is 6.92 Å². The van der Waals surface area contributed by atoms with Crippen LogP contribution in [0.2, 0.25) is 0 Å². The van der Waals surface area contributed by atoms with Crippen LogP contribution in [0.1, 0.15) is 36.4 Å². The lowest BCUT2D eigenvalue weighted by Crippen LogP contribution is -2.39. The topological polar surface area (TPSA) is 66.8 Å². The van der Waals surface area contributed by atoms with Gasteiger partial charge >= 0.3 is 0 Å². The number of likely N-dealkylation sites (tertiary alicyclic amines) is 1. The van der Waals surface area contributed by atoms with Gasteiger partial charge in [0.15, 0.2) is 0 Å². The highest BCUT2D eigenvalue weighted by atomic mass is 16.2. The van der Waals surface area contributed by atoms with E-state index in [1.165, 1.54) is 11.1 Å². The molecule has 0 bridgehead atoms. The molecule has 0 unspecified atom stereocenters. The second-order valence-corrected chi connectivity index (χ2v) is 7.26. The summed E-state index contributed by atoms with van der Waals surface area (Å²) in [5, 5.41) is 11.7.